The van der Waals surface area contributed by atoms with Crippen LogP contribution in [0.15, 0.2) is 150 Å². The van der Waals surface area contributed by atoms with Gasteiger partial charge in [-0.3, -0.25) is 0 Å². The Balaban J connectivity index is 1.17. The topological polar surface area (TPSA) is 43.0 Å². The van der Waals surface area contributed by atoms with Crippen LogP contribution in [-0.2, 0) is 16.2 Å². The molecule has 3 aromatic heterocycles. The van der Waals surface area contributed by atoms with Crippen LogP contribution in [0.1, 0.15) is 77.6 Å². The molecule has 1 aliphatic heterocycles. The van der Waals surface area contributed by atoms with E-state index in [1.807, 2.05) is 0 Å². The largest absolute Gasteiger partial charge is 0.455 e. The number of anilines is 2. The standard InChI is InChI=1S/C60H50BN3OS/c1-58(2,3)34-22-25-36(26-23-34)62-45-30-43-39(37-18-12-14-20-42(37)60(43,7)8)29-40(45)51-52-38-19-13-15-21-49(38)65-56(52)53-41-28-35(59(4,5)6)24-27-47(41)64-48-32-50-46(31-44(48)61-54(51)55(53)64)63-57(66-50)33-16-10-9-11-17-33/h9-32,61-62H,1-8H3. The van der Waals surface area contributed by atoms with Gasteiger partial charge in [-0.2, -0.15) is 0 Å². The Morgan fingerprint density at radius 1 is 0.652 bits per heavy atom. The van der Waals surface area contributed by atoms with Crippen molar-refractivity contribution in [2.24, 2.45) is 0 Å². The fraction of sp³-hybridized carbons (Fsp3) is 0.183. The normalized spacial score (nSPS) is 14.0. The fourth-order valence-corrected chi connectivity index (χ4v) is 12.2. The lowest BCUT2D eigenvalue weighted by molar-refractivity contribution is 0.590. The molecule has 2 aliphatic rings. The number of nitrogens with zero attached hydrogens (tertiary/aromatic N) is 2. The van der Waals surface area contributed by atoms with E-state index in [1.165, 1.54) is 87.6 Å². The van der Waals surface area contributed by atoms with Crippen LogP contribution in [0.5, 0.6) is 0 Å². The van der Waals surface area contributed by atoms with E-state index in [1.54, 1.807) is 11.3 Å². The highest BCUT2D eigenvalue weighted by atomic mass is 32.1. The van der Waals surface area contributed by atoms with Gasteiger partial charge in [0.15, 0.2) is 7.28 Å². The minimum Gasteiger partial charge on any atom is -0.455 e. The van der Waals surface area contributed by atoms with Crippen molar-refractivity contribution in [2.45, 2.75) is 71.6 Å². The molecule has 0 unspecified atom stereocenters. The number of thiazole rings is 1. The molecule has 0 bridgehead atoms. The lowest BCUT2D eigenvalue weighted by atomic mass is 9.58. The summed E-state index contributed by atoms with van der Waals surface area (Å²) in [5.41, 5.74) is 22.5. The molecule has 4 nitrogen and oxygen atoms in total. The lowest BCUT2D eigenvalue weighted by Gasteiger charge is -2.26. The van der Waals surface area contributed by atoms with Crippen molar-refractivity contribution in [1.82, 2.24) is 9.55 Å². The van der Waals surface area contributed by atoms with Crippen LogP contribution in [0.2, 0.25) is 0 Å². The van der Waals surface area contributed by atoms with Crippen LogP contribution in [0, 0.1) is 0 Å². The molecule has 0 amide bonds. The van der Waals surface area contributed by atoms with Crippen molar-refractivity contribution in [3.63, 3.8) is 0 Å². The number of benzene rings is 8. The zero-order valence-electron chi connectivity index (χ0n) is 38.8. The summed E-state index contributed by atoms with van der Waals surface area (Å²) in [6.45, 7) is 18.5. The Kier molecular flexibility index (Phi) is 8.13. The quantitative estimate of drug-likeness (QED) is 0.179. The van der Waals surface area contributed by atoms with E-state index in [-0.39, 0.29) is 16.2 Å². The van der Waals surface area contributed by atoms with Crippen molar-refractivity contribution in [3.8, 4) is 38.5 Å². The zero-order valence-corrected chi connectivity index (χ0v) is 39.6. The van der Waals surface area contributed by atoms with Gasteiger partial charge in [-0.15, -0.1) is 11.3 Å². The van der Waals surface area contributed by atoms with E-state index < -0.39 is 0 Å². The van der Waals surface area contributed by atoms with Gasteiger partial charge in [0.05, 0.1) is 26.6 Å². The van der Waals surface area contributed by atoms with Crippen molar-refractivity contribution in [1.29, 1.82) is 0 Å². The van der Waals surface area contributed by atoms with E-state index >= 15 is 0 Å². The minimum absolute atomic E-state index is 0.0424. The van der Waals surface area contributed by atoms with Gasteiger partial charge in [-0.25, -0.2) is 4.98 Å². The second-order valence-electron chi connectivity index (χ2n) is 21.3. The molecule has 11 aromatic rings. The number of furan rings is 1. The second kappa shape index (κ2) is 13.6. The Morgan fingerprint density at radius 3 is 2.17 bits per heavy atom. The zero-order chi connectivity index (χ0) is 45.0. The molecule has 4 heterocycles. The maximum absolute atomic E-state index is 7.25. The first-order valence-electron chi connectivity index (χ1n) is 23.3. The summed E-state index contributed by atoms with van der Waals surface area (Å²) < 4.78 is 11.0. The molecule has 0 saturated heterocycles. The highest BCUT2D eigenvalue weighted by molar-refractivity contribution is 7.21. The van der Waals surface area contributed by atoms with Gasteiger partial charge in [0.1, 0.15) is 16.2 Å². The van der Waals surface area contributed by atoms with Crippen molar-refractivity contribution < 1.29 is 4.42 Å². The van der Waals surface area contributed by atoms with E-state index in [0.717, 1.165) is 56.7 Å². The van der Waals surface area contributed by atoms with E-state index in [4.69, 9.17) is 9.40 Å². The van der Waals surface area contributed by atoms with Crippen LogP contribution < -0.4 is 16.2 Å². The van der Waals surface area contributed by atoms with Crippen LogP contribution >= 0.6 is 11.3 Å². The average molecular weight is 872 g/mol. The molecule has 66 heavy (non-hydrogen) atoms. The first-order valence-corrected chi connectivity index (χ1v) is 24.1. The number of rotatable bonds is 4. The molecule has 0 radical (unpaired) electrons. The van der Waals surface area contributed by atoms with E-state index in [9.17, 15) is 0 Å². The van der Waals surface area contributed by atoms with Gasteiger partial charge >= 0.3 is 0 Å². The number of nitrogens with one attached hydrogen (secondary N) is 1. The fourth-order valence-electron chi connectivity index (χ4n) is 11.2. The Morgan fingerprint density at radius 2 is 1.38 bits per heavy atom. The molecule has 0 fully saturated rings. The van der Waals surface area contributed by atoms with Crippen molar-refractivity contribution >= 4 is 94.9 Å². The van der Waals surface area contributed by atoms with Crippen LogP contribution in [0.4, 0.5) is 11.4 Å². The highest BCUT2D eigenvalue weighted by Gasteiger charge is 2.38. The molecule has 0 spiro atoms. The van der Waals surface area contributed by atoms with Gasteiger partial charge in [-0.1, -0.05) is 152 Å². The van der Waals surface area contributed by atoms with Crippen LogP contribution in [0.25, 0.3) is 92.5 Å². The Hall–Kier alpha value is -6.89. The lowest BCUT2D eigenvalue weighted by Crippen LogP contribution is -2.37. The summed E-state index contributed by atoms with van der Waals surface area (Å²) in [6, 6.07) is 54.2. The molecule has 13 rings (SSSR count). The number of hydrogen-bond acceptors (Lipinski definition) is 4. The molecule has 1 aliphatic carbocycles. The summed E-state index contributed by atoms with van der Waals surface area (Å²) in [6.07, 6.45) is 0. The third kappa shape index (κ3) is 5.67. The molecule has 0 saturated carbocycles. The predicted octanol–water partition coefficient (Wildman–Crippen LogP) is 15.0. The first kappa shape index (κ1) is 39.5. The molecular weight excluding hydrogens is 822 g/mol. The first-order chi connectivity index (χ1) is 31.7. The monoisotopic (exact) mass is 871 g/mol. The van der Waals surface area contributed by atoms with Gasteiger partial charge < -0.3 is 14.3 Å². The van der Waals surface area contributed by atoms with Gasteiger partial charge in [-0.05, 0) is 110 Å². The maximum Gasteiger partial charge on any atom is 0.198 e. The third-order valence-electron chi connectivity index (χ3n) is 14.7. The van der Waals surface area contributed by atoms with Gasteiger partial charge in [0.25, 0.3) is 0 Å². The molecule has 0 atom stereocenters. The highest BCUT2D eigenvalue weighted by Crippen LogP contribution is 2.54. The average Bonchev–Trinajstić information content (AvgIpc) is 4.05. The summed E-state index contributed by atoms with van der Waals surface area (Å²) in [4.78, 5) is 5.29. The molecule has 8 aromatic carbocycles. The molecule has 1 N–H and O–H groups in total. The summed E-state index contributed by atoms with van der Waals surface area (Å²) in [5.74, 6) is 0. The Labute approximate surface area is 390 Å². The molecule has 6 heteroatoms. The minimum atomic E-state index is -0.180. The summed E-state index contributed by atoms with van der Waals surface area (Å²) in [5, 5.41) is 9.78. The van der Waals surface area contributed by atoms with Crippen molar-refractivity contribution in [3.05, 3.63) is 168 Å². The van der Waals surface area contributed by atoms with Crippen LogP contribution in [-0.4, -0.2) is 16.8 Å². The molecular formula is C60H50BN3OS. The second-order valence-corrected chi connectivity index (χ2v) is 22.3. The van der Waals surface area contributed by atoms with Gasteiger partial charge in [0, 0.05) is 49.8 Å². The Bertz CT molecular complexity index is 3850. The van der Waals surface area contributed by atoms with E-state index in [0.29, 0.717) is 0 Å². The third-order valence-corrected chi connectivity index (χ3v) is 15.8. The van der Waals surface area contributed by atoms with E-state index in [2.05, 4.69) is 211 Å². The van der Waals surface area contributed by atoms with Gasteiger partial charge in [0.2, 0.25) is 0 Å². The predicted molar refractivity (Wildman–Crippen MR) is 283 cm³/mol. The molecule has 320 valence electrons. The SMILES string of the molecule is CC(C)(C)c1ccc(Nc2cc3c(cc2-c2c4c5c(c6cc(C(C)(C)C)ccc6n5-c5cc6sc(-c7ccccc7)nc6cc5B4)c4oc5ccccc5c24)-c2ccccc2C3(C)C)cc1. The summed E-state index contributed by atoms with van der Waals surface area (Å²) >= 11 is 1.77. The number of fused-ring (bicyclic) bond motifs is 13. The smallest absolute Gasteiger partial charge is 0.198 e. The number of para-hydroxylation sites is 1. The van der Waals surface area contributed by atoms with Crippen LogP contribution in [0.3, 0.4) is 0 Å². The summed E-state index contributed by atoms with van der Waals surface area (Å²) in [7, 11) is 0.742. The van der Waals surface area contributed by atoms with Crippen molar-refractivity contribution in [2.75, 3.05) is 5.32 Å². The maximum atomic E-state index is 7.25. The number of hydrogen-bond donors (Lipinski definition) is 1. The number of aromatic nitrogens is 2.